The normalized spacial score (nSPS) is 17.8. The van der Waals surface area contributed by atoms with E-state index in [2.05, 4.69) is 10.0 Å². The third-order valence-corrected chi connectivity index (χ3v) is 3.08. The van der Waals surface area contributed by atoms with Gasteiger partial charge in [0.15, 0.2) is 5.78 Å². The molecule has 0 radical (unpaired) electrons. The Balaban J connectivity index is 2.53. The van der Waals surface area contributed by atoms with Gasteiger partial charge in [-0.15, -0.1) is 0 Å². The summed E-state index contributed by atoms with van der Waals surface area (Å²) < 4.78 is 0. The number of nitrogens with zero attached hydrogens (tertiary/aromatic N) is 3. The largest absolute Gasteiger partial charge is 0.295 e. The van der Waals surface area contributed by atoms with Crippen LogP contribution >= 0.6 is 0 Å². The molecule has 0 aliphatic heterocycles. The SMILES string of the molecule is C/C(=C1/CCCC1=O)c1ccccc1N=[N+]=[N-]. The molecule has 4 nitrogen and oxygen atoms in total. The average Bonchev–Trinajstić information content (AvgIpc) is 2.76. The molecule has 0 saturated heterocycles. The summed E-state index contributed by atoms with van der Waals surface area (Å²) in [6.45, 7) is 1.92. The van der Waals surface area contributed by atoms with Gasteiger partial charge in [0.1, 0.15) is 0 Å². The van der Waals surface area contributed by atoms with Crippen molar-refractivity contribution in [3.8, 4) is 0 Å². The Labute approximate surface area is 99.6 Å². The lowest BCUT2D eigenvalue weighted by Crippen LogP contribution is -1.95. The predicted octanol–water partition coefficient (Wildman–Crippen LogP) is 4.15. The van der Waals surface area contributed by atoms with Crippen molar-refractivity contribution in [1.82, 2.24) is 0 Å². The van der Waals surface area contributed by atoms with Crippen LogP contribution in [0.5, 0.6) is 0 Å². The third kappa shape index (κ3) is 2.22. The second-order valence-corrected chi connectivity index (χ2v) is 4.09. The lowest BCUT2D eigenvalue weighted by atomic mass is 9.98. The lowest BCUT2D eigenvalue weighted by Gasteiger charge is -2.08. The Morgan fingerprint density at radius 3 is 2.76 bits per heavy atom. The molecule has 1 aromatic carbocycles. The van der Waals surface area contributed by atoms with E-state index >= 15 is 0 Å². The summed E-state index contributed by atoms with van der Waals surface area (Å²) in [6.07, 6.45) is 2.39. The number of ketones is 1. The average molecular weight is 227 g/mol. The monoisotopic (exact) mass is 227 g/mol. The lowest BCUT2D eigenvalue weighted by molar-refractivity contribution is -0.114. The molecule has 0 bridgehead atoms. The molecule has 0 amide bonds. The molecule has 1 aromatic rings. The van der Waals surface area contributed by atoms with Crippen LogP contribution in [0.1, 0.15) is 31.7 Å². The topological polar surface area (TPSA) is 65.8 Å². The van der Waals surface area contributed by atoms with E-state index in [1.54, 1.807) is 6.07 Å². The highest BCUT2D eigenvalue weighted by molar-refractivity contribution is 6.04. The van der Waals surface area contributed by atoms with E-state index in [1.807, 2.05) is 25.1 Å². The number of carbonyl (C=O) groups excluding carboxylic acids is 1. The van der Waals surface area contributed by atoms with Crippen LogP contribution in [-0.4, -0.2) is 5.78 Å². The summed E-state index contributed by atoms with van der Waals surface area (Å²) in [5, 5.41) is 3.66. The first-order valence-corrected chi connectivity index (χ1v) is 5.61. The standard InChI is InChI=1S/C13H13N3O/c1-9(11-6-4-8-13(11)17)10-5-2-3-7-12(10)15-16-14/h2-3,5,7H,4,6,8H2,1H3/b11-9+. The van der Waals surface area contributed by atoms with Crippen molar-refractivity contribution in [2.75, 3.05) is 0 Å². The quantitative estimate of drug-likeness (QED) is 0.324. The van der Waals surface area contributed by atoms with Gasteiger partial charge in [-0.3, -0.25) is 4.79 Å². The molecule has 0 unspecified atom stereocenters. The molecule has 2 rings (SSSR count). The van der Waals surface area contributed by atoms with Crippen LogP contribution in [0.2, 0.25) is 0 Å². The van der Waals surface area contributed by atoms with E-state index in [4.69, 9.17) is 5.53 Å². The summed E-state index contributed by atoms with van der Waals surface area (Å²) >= 11 is 0. The van der Waals surface area contributed by atoms with E-state index in [1.165, 1.54) is 0 Å². The molecule has 4 heteroatoms. The number of hydrogen-bond acceptors (Lipinski definition) is 2. The smallest absolute Gasteiger partial charge is 0.159 e. The molecule has 1 aliphatic carbocycles. The Bertz CT molecular complexity index is 539. The van der Waals surface area contributed by atoms with E-state index in [0.29, 0.717) is 12.1 Å². The summed E-state index contributed by atoms with van der Waals surface area (Å²) in [5.41, 5.74) is 11.8. The van der Waals surface area contributed by atoms with Crippen LogP contribution in [0.3, 0.4) is 0 Å². The van der Waals surface area contributed by atoms with Gasteiger partial charge < -0.3 is 0 Å². The fourth-order valence-electron chi connectivity index (χ4n) is 2.20. The maximum Gasteiger partial charge on any atom is 0.159 e. The van der Waals surface area contributed by atoms with Gasteiger partial charge in [0.05, 0.1) is 0 Å². The highest BCUT2D eigenvalue weighted by Gasteiger charge is 2.20. The molecule has 0 spiro atoms. The minimum atomic E-state index is 0.221. The highest BCUT2D eigenvalue weighted by Crippen LogP contribution is 2.33. The zero-order valence-electron chi connectivity index (χ0n) is 9.68. The van der Waals surface area contributed by atoms with Gasteiger partial charge in [0.25, 0.3) is 0 Å². The molecular weight excluding hydrogens is 214 g/mol. The van der Waals surface area contributed by atoms with Gasteiger partial charge in [-0.2, -0.15) is 0 Å². The van der Waals surface area contributed by atoms with Crippen molar-refractivity contribution in [2.45, 2.75) is 26.2 Å². The van der Waals surface area contributed by atoms with Gasteiger partial charge >= 0.3 is 0 Å². The van der Waals surface area contributed by atoms with Crippen molar-refractivity contribution in [3.05, 3.63) is 45.8 Å². The number of allylic oxidation sites excluding steroid dienone is 2. The first-order valence-electron chi connectivity index (χ1n) is 5.61. The van der Waals surface area contributed by atoms with E-state index in [0.717, 1.165) is 29.6 Å². The molecule has 0 N–H and O–H groups in total. The minimum absolute atomic E-state index is 0.221. The first-order chi connectivity index (χ1) is 8.24. The summed E-state index contributed by atoms with van der Waals surface area (Å²) in [7, 11) is 0. The van der Waals surface area contributed by atoms with E-state index in [9.17, 15) is 4.79 Å². The molecule has 1 saturated carbocycles. The van der Waals surface area contributed by atoms with Crippen LogP contribution in [0.25, 0.3) is 16.0 Å². The van der Waals surface area contributed by atoms with Crippen molar-refractivity contribution in [1.29, 1.82) is 0 Å². The number of hydrogen-bond donors (Lipinski definition) is 0. The molecule has 1 fully saturated rings. The van der Waals surface area contributed by atoms with Crippen molar-refractivity contribution in [2.24, 2.45) is 5.11 Å². The Hall–Kier alpha value is -2.06. The van der Waals surface area contributed by atoms with Gasteiger partial charge in [-0.05, 0) is 42.0 Å². The fraction of sp³-hybridized carbons (Fsp3) is 0.308. The minimum Gasteiger partial charge on any atom is -0.295 e. The zero-order valence-corrected chi connectivity index (χ0v) is 9.68. The maximum absolute atomic E-state index is 11.7. The molecule has 0 heterocycles. The third-order valence-electron chi connectivity index (χ3n) is 3.08. The van der Waals surface area contributed by atoms with Crippen LogP contribution in [0.4, 0.5) is 5.69 Å². The number of Topliss-reactive ketones (excluding diaryl/α,β-unsaturated/α-hetero) is 1. The second-order valence-electron chi connectivity index (χ2n) is 4.09. The van der Waals surface area contributed by atoms with Gasteiger partial charge in [-0.25, -0.2) is 0 Å². The summed E-state index contributed by atoms with van der Waals surface area (Å²) in [6, 6.07) is 7.35. The number of carbonyl (C=O) groups is 1. The molecule has 0 aromatic heterocycles. The summed E-state index contributed by atoms with van der Waals surface area (Å²) in [4.78, 5) is 14.5. The number of benzene rings is 1. The second kappa shape index (κ2) is 4.85. The van der Waals surface area contributed by atoms with Crippen LogP contribution < -0.4 is 0 Å². The van der Waals surface area contributed by atoms with E-state index < -0.39 is 0 Å². The van der Waals surface area contributed by atoms with Crippen LogP contribution in [0.15, 0.2) is 35.0 Å². The fourth-order valence-corrected chi connectivity index (χ4v) is 2.20. The zero-order chi connectivity index (χ0) is 12.3. The van der Waals surface area contributed by atoms with Gasteiger partial charge in [0.2, 0.25) is 0 Å². The van der Waals surface area contributed by atoms with Crippen molar-refractivity contribution < 1.29 is 4.79 Å². The van der Waals surface area contributed by atoms with Gasteiger partial charge in [0, 0.05) is 17.0 Å². The molecule has 17 heavy (non-hydrogen) atoms. The molecule has 1 aliphatic rings. The highest BCUT2D eigenvalue weighted by atomic mass is 16.1. The Morgan fingerprint density at radius 1 is 1.35 bits per heavy atom. The van der Waals surface area contributed by atoms with Gasteiger partial charge in [-0.1, -0.05) is 29.4 Å². The van der Waals surface area contributed by atoms with E-state index in [-0.39, 0.29) is 5.78 Å². The number of azide groups is 1. The Morgan fingerprint density at radius 2 is 2.12 bits per heavy atom. The first kappa shape index (κ1) is 11.4. The van der Waals surface area contributed by atoms with Crippen LogP contribution in [-0.2, 0) is 4.79 Å². The predicted molar refractivity (Wildman–Crippen MR) is 66.7 cm³/mol. The summed E-state index contributed by atoms with van der Waals surface area (Å²) in [5.74, 6) is 0.221. The molecular formula is C13H13N3O. The Kier molecular flexibility index (Phi) is 3.26. The molecule has 86 valence electrons. The maximum atomic E-state index is 11.7. The van der Waals surface area contributed by atoms with Crippen LogP contribution in [0, 0.1) is 0 Å². The van der Waals surface area contributed by atoms with Crippen molar-refractivity contribution in [3.63, 3.8) is 0 Å². The van der Waals surface area contributed by atoms with Crippen molar-refractivity contribution >= 4 is 17.0 Å². The molecule has 0 atom stereocenters. The number of rotatable bonds is 2.